The van der Waals surface area contributed by atoms with E-state index in [-0.39, 0.29) is 44.9 Å². The summed E-state index contributed by atoms with van der Waals surface area (Å²) in [6, 6.07) is 9.01. The SMILES string of the molecule is CC(=Cc1oc2ccc(Cl)cc2[n+]1S(=O)(=O)O)C=C1Oc2ccc(C)cc2N1S(=O)(=O)O. The molecule has 0 atom stereocenters. The predicted molar refractivity (Wildman–Crippen MR) is 116 cm³/mol. The highest BCUT2D eigenvalue weighted by molar-refractivity contribution is 7.87. The molecule has 0 bridgehead atoms. The second-order valence-electron chi connectivity index (χ2n) is 6.98. The first-order valence-electron chi connectivity index (χ1n) is 8.93. The number of aryl methyl sites for hydroxylation is 1. The number of oxazole rings is 1. The second-order valence-corrected chi connectivity index (χ2v) is 9.94. The van der Waals surface area contributed by atoms with Crippen LogP contribution in [0, 0.1) is 6.92 Å². The van der Waals surface area contributed by atoms with Gasteiger partial charge in [-0.1, -0.05) is 17.7 Å². The molecular formula is C19H16ClN2O8S2+. The second kappa shape index (κ2) is 7.60. The molecule has 0 saturated carbocycles. The van der Waals surface area contributed by atoms with Crippen LogP contribution < -0.4 is 13.0 Å². The molecule has 3 aromatic rings. The average Bonchev–Trinajstić information content (AvgIpc) is 3.17. The minimum absolute atomic E-state index is 0.00580. The summed E-state index contributed by atoms with van der Waals surface area (Å²) >= 11 is 5.92. The summed E-state index contributed by atoms with van der Waals surface area (Å²) < 4.78 is 79.5. The van der Waals surface area contributed by atoms with Crippen molar-refractivity contribution in [2.45, 2.75) is 13.8 Å². The highest BCUT2D eigenvalue weighted by atomic mass is 35.5. The molecule has 0 spiro atoms. The van der Waals surface area contributed by atoms with Gasteiger partial charge in [0.1, 0.15) is 5.69 Å². The summed E-state index contributed by atoms with van der Waals surface area (Å²) in [7, 11) is -9.49. The van der Waals surface area contributed by atoms with Crippen molar-refractivity contribution in [1.29, 1.82) is 0 Å². The van der Waals surface area contributed by atoms with Gasteiger partial charge in [0.2, 0.25) is 11.5 Å². The quantitative estimate of drug-likeness (QED) is 0.412. The smallest absolute Gasteiger partial charge is 0.437 e. The lowest BCUT2D eigenvalue weighted by Crippen LogP contribution is -2.43. The highest BCUT2D eigenvalue weighted by Crippen LogP contribution is 2.41. The molecule has 4 rings (SSSR count). The first kappa shape index (κ1) is 22.3. The Morgan fingerprint density at radius 2 is 1.84 bits per heavy atom. The predicted octanol–water partition coefficient (Wildman–Crippen LogP) is 3.28. The fourth-order valence-corrected chi connectivity index (χ4v) is 4.82. The van der Waals surface area contributed by atoms with E-state index in [2.05, 4.69) is 0 Å². The van der Waals surface area contributed by atoms with Crippen molar-refractivity contribution in [3.63, 3.8) is 0 Å². The fourth-order valence-electron chi connectivity index (χ4n) is 3.24. The molecule has 0 amide bonds. The van der Waals surface area contributed by atoms with Crippen molar-refractivity contribution in [2.75, 3.05) is 4.31 Å². The summed E-state index contributed by atoms with van der Waals surface area (Å²) in [6.45, 7) is 3.26. The maximum atomic E-state index is 12.0. The Hall–Kier alpha value is -2.90. The zero-order valence-electron chi connectivity index (χ0n) is 16.6. The summed E-state index contributed by atoms with van der Waals surface area (Å²) in [5.74, 6) is -0.304. The minimum atomic E-state index is -4.77. The number of hydrogen-bond donors (Lipinski definition) is 2. The van der Waals surface area contributed by atoms with Crippen molar-refractivity contribution in [3.8, 4) is 5.75 Å². The van der Waals surface area contributed by atoms with Crippen LogP contribution in [0.1, 0.15) is 18.4 Å². The van der Waals surface area contributed by atoms with Crippen LogP contribution in [0.4, 0.5) is 5.69 Å². The Labute approximate surface area is 188 Å². The van der Waals surface area contributed by atoms with Gasteiger partial charge < -0.3 is 9.15 Å². The van der Waals surface area contributed by atoms with E-state index < -0.39 is 20.6 Å². The molecule has 0 radical (unpaired) electrons. The van der Waals surface area contributed by atoms with Crippen molar-refractivity contribution >= 4 is 55.1 Å². The number of allylic oxidation sites excluding steroid dienone is 2. The Morgan fingerprint density at radius 1 is 1.12 bits per heavy atom. The van der Waals surface area contributed by atoms with Gasteiger partial charge in [-0.3, -0.25) is 4.55 Å². The largest absolute Gasteiger partial charge is 0.515 e. The first-order chi connectivity index (χ1) is 14.8. The fraction of sp³-hybridized carbons (Fsp3) is 0.105. The third-order valence-corrected chi connectivity index (χ3v) is 6.38. The van der Waals surface area contributed by atoms with Crippen molar-refractivity contribution in [3.05, 3.63) is 70.4 Å². The van der Waals surface area contributed by atoms with Gasteiger partial charge >= 0.3 is 26.5 Å². The number of benzene rings is 2. The van der Waals surface area contributed by atoms with E-state index in [1.54, 1.807) is 19.1 Å². The molecule has 1 aliphatic heterocycles. The molecule has 10 nitrogen and oxygen atoms in total. The molecule has 0 fully saturated rings. The number of hydrogen-bond acceptors (Lipinski definition) is 6. The van der Waals surface area contributed by atoms with Gasteiger partial charge in [-0.25, -0.2) is 4.55 Å². The van der Waals surface area contributed by atoms with Crippen molar-refractivity contribution in [1.82, 2.24) is 0 Å². The molecule has 13 heteroatoms. The summed E-state index contributed by atoms with van der Waals surface area (Å²) in [6.07, 6.45) is 2.51. The van der Waals surface area contributed by atoms with Gasteiger partial charge in [-0.05, 0) is 53.2 Å². The van der Waals surface area contributed by atoms with Crippen LogP contribution in [0.15, 0.2) is 58.3 Å². The summed E-state index contributed by atoms with van der Waals surface area (Å²) in [5, 5.41) is 0.223. The lowest BCUT2D eigenvalue weighted by Gasteiger charge is -2.13. The molecule has 0 aliphatic carbocycles. The summed E-state index contributed by atoms with van der Waals surface area (Å²) in [5.41, 5.74) is 1.29. The minimum Gasteiger partial charge on any atom is -0.437 e. The Balaban J connectivity index is 1.85. The van der Waals surface area contributed by atoms with Crippen LogP contribution in [0.2, 0.25) is 5.02 Å². The number of ether oxygens (including phenoxy) is 1. The van der Waals surface area contributed by atoms with Crippen LogP contribution >= 0.6 is 11.6 Å². The topological polar surface area (TPSA) is 138 Å². The highest BCUT2D eigenvalue weighted by Gasteiger charge is 2.36. The number of fused-ring (bicyclic) bond motifs is 2. The maximum Gasteiger partial charge on any atom is 0.515 e. The number of rotatable bonds is 4. The molecule has 0 saturated heterocycles. The van der Waals surface area contributed by atoms with Crippen LogP contribution in [0.5, 0.6) is 5.75 Å². The Morgan fingerprint density at radius 3 is 2.50 bits per heavy atom. The molecular weight excluding hydrogens is 484 g/mol. The van der Waals surface area contributed by atoms with Gasteiger partial charge in [0.25, 0.3) is 5.52 Å². The van der Waals surface area contributed by atoms with E-state index in [0.717, 1.165) is 5.56 Å². The third kappa shape index (κ3) is 4.10. The Bertz CT molecular complexity index is 1540. The lowest BCUT2D eigenvalue weighted by molar-refractivity contribution is -0.498. The number of nitrogens with zero attached hydrogens (tertiary/aromatic N) is 2. The lowest BCUT2D eigenvalue weighted by atomic mass is 10.2. The van der Waals surface area contributed by atoms with Gasteiger partial charge in [0, 0.05) is 17.2 Å². The van der Waals surface area contributed by atoms with Gasteiger partial charge in [0.05, 0.1) is 6.08 Å². The van der Waals surface area contributed by atoms with E-state index in [4.69, 9.17) is 20.8 Å². The normalized spacial score (nSPS) is 16.0. The van der Waals surface area contributed by atoms with E-state index in [1.165, 1.54) is 43.3 Å². The molecule has 168 valence electrons. The standard InChI is InChI=1S/C19H15ClN2O8S2/c1-11-3-5-16-14(7-11)21(31(23,24)25)18(29-16)8-12(2)9-19-22(32(26,27)28)15-10-13(20)4-6-17(15)30-19/h3-10H,1-2H3,(H-,23,24,25,26,27,28)/p+1. The van der Waals surface area contributed by atoms with Gasteiger partial charge in [-0.2, -0.15) is 12.7 Å². The zero-order chi connectivity index (χ0) is 23.4. The number of aromatic nitrogens is 1. The van der Waals surface area contributed by atoms with E-state index in [0.29, 0.717) is 8.28 Å². The van der Waals surface area contributed by atoms with Crippen LogP contribution in [-0.2, 0) is 20.6 Å². The zero-order valence-corrected chi connectivity index (χ0v) is 18.9. The Kier molecular flexibility index (Phi) is 5.30. The number of halogens is 1. The molecule has 2 heterocycles. The monoisotopic (exact) mass is 499 g/mol. The molecule has 1 aliphatic rings. The van der Waals surface area contributed by atoms with Crippen LogP contribution in [-0.4, -0.2) is 25.9 Å². The van der Waals surface area contributed by atoms with Gasteiger partial charge in [-0.15, -0.1) is 8.42 Å². The van der Waals surface area contributed by atoms with E-state index in [1.807, 2.05) is 0 Å². The molecule has 32 heavy (non-hydrogen) atoms. The maximum absolute atomic E-state index is 12.0. The van der Waals surface area contributed by atoms with Crippen LogP contribution in [0.3, 0.4) is 0 Å². The molecule has 0 unspecified atom stereocenters. The van der Waals surface area contributed by atoms with Crippen molar-refractivity contribution in [2.24, 2.45) is 0 Å². The summed E-state index contributed by atoms with van der Waals surface area (Å²) in [4.78, 5) is 0. The average molecular weight is 500 g/mol. The first-order valence-corrected chi connectivity index (χ1v) is 12.1. The van der Waals surface area contributed by atoms with E-state index in [9.17, 15) is 25.9 Å². The van der Waals surface area contributed by atoms with Crippen molar-refractivity contribution < 1.29 is 39.1 Å². The van der Waals surface area contributed by atoms with Gasteiger partial charge in [0.15, 0.2) is 5.75 Å². The molecule has 2 N–H and O–H groups in total. The number of anilines is 1. The third-order valence-electron chi connectivity index (χ3n) is 4.47. The molecule has 2 aromatic carbocycles. The molecule has 1 aromatic heterocycles. The van der Waals surface area contributed by atoms with E-state index >= 15 is 0 Å². The van der Waals surface area contributed by atoms with Crippen LogP contribution in [0.25, 0.3) is 17.2 Å².